The quantitative estimate of drug-likeness (QED) is 0.476. The Morgan fingerprint density at radius 2 is 2.12 bits per heavy atom. The summed E-state index contributed by atoms with van der Waals surface area (Å²) < 4.78 is 31.4. The second-order valence-electron chi connectivity index (χ2n) is 5.75. The molecule has 0 radical (unpaired) electrons. The van der Waals surface area contributed by atoms with Gasteiger partial charge in [0, 0.05) is 6.20 Å². The lowest BCUT2D eigenvalue weighted by molar-refractivity contribution is -0.604. The highest BCUT2D eigenvalue weighted by Crippen LogP contribution is 2.32. The van der Waals surface area contributed by atoms with Gasteiger partial charge in [0.2, 0.25) is 10.0 Å². The van der Waals surface area contributed by atoms with E-state index in [1.54, 1.807) is 31.2 Å². The summed E-state index contributed by atoms with van der Waals surface area (Å²) in [7, 11) is -2.69. The number of ether oxygens (including phenoxy) is 1. The molecule has 0 fully saturated rings. The predicted molar refractivity (Wildman–Crippen MR) is 87.9 cm³/mol. The number of nitrogens with zero attached hydrogens (tertiary/aromatic N) is 2. The van der Waals surface area contributed by atoms with Crippen molar-refractivity contribution < 1.29 is 22.7 Å². The van der Waals surface area contributed by atoms with Gasteiger partial charge in [0.15, 0.2) is 12.4 Å². The third kappa shape index (κ3) is 2.30. The van der Waals surface area contributed by atoms with E-state index in [4.69, 9.17) is 0 Å². The van der Waals surface area contributed by atoms with Crippen LogP contribution in [0, 0.1) is 5.21 Å². The summed E-state index contributed by atoms with van der Waals surface area (Å²) in [5, 5.41) is 12.0. The maximum Gasteiger partial charge on any atom is 0.346 e. The van der Waals surface area contributed by atoms with Gasteiger partial charge in [0.25, 0.3) is 0 Å². The van der Waals surface area contributed by atoms with Crippen LogP contribution in [0.4, 0.5) is 0 Å². The summed E-state index contributed by atoms with van der Waals surface area (Å²) in [5.41, 5.74) is 0.0376. The van der Waals surface area contributed by atoms with Gasteiger partial charge in [-0.05, 0) is 19.4 Å². The Bertz CT molecular complexity index is 987. The van der Waals surface area contributed by atoms with Crippen molar-refractivity contribution in [2.45, 2.75) is 18.1 Å². The van der Waals surface area contributed by atoms with Gasteiger partial charge in [0.1, 0.15) is 10.3 Å². The number of pyridine rings is 1. The highest BCUT2D eigenvalue weighted by atomic mass is 32.2. The van der Waals surface area contributed by atoms with E-state index in [0.717, 1.165) is 10.2 Å². The second-order valence-corrected chi connectivity index (χ2v) is 8.02. The van der Waals surface area contributed by atoms with Gasteiger partial charge in [-0.2, -0.15) is 4.73 Å². The smallest absolute Gasteiger partial charge is 0.346 e. The number of methoxy groups -OCH3 is 1. The second kappa shape index (κ2) is 5.48. The normalized spacial score (nSPS) is 20.4. The number of hydrogen-bond donors (Lipinski definition) is 0. The van der Waals surface area contributed by atoms with E-state index in [2.05, 4.69) is 4.74 Å². The van der Waals surface area contributed by atoms with Gasteiger partial charge >= 0.3 is 5.97 Å². The van der Waals surface area contributed by atoms with Crippen molar-refractivity contribution in [3.8, 4) is 0 Å². The van der Waals surface area contributed by atoms with Crippen LogP contribution in [0.2, 0.25) is 0 Å². The monoisotopic (exact) mass is 348 g/mol. The lowest BCUT2D eigenvalue weighted by atomic mass is 10.0. The minimum atomic E-state index is -3.86. The van der Waals surface area contributed by atoms with Crippen molar-refractivity contribution in [2.75, 3.05) is 7.11 Å². The SMILES string of the molecule is COC(=O)c1c[n+]([O-])cc2ccn(S(=O)(=O)C3(C)C=CC=CC3)c12. The van der Waals surface area contributed by atoms with Crippen molar-refractivity contribution >= 4 is 26.9 Å². The lowest BCUT2D eigenvalue weighted by Gasteiger charge is -2.27. The average Bonchev–Trinajstić information content (AvgIpc) is 2.98. The van der Waals surface area contributed by atoms with Crippen LogP contribution in [-0.4, -0.2) is 30.2 Å². The van der Waals surface area contributed by atoms with Gasteiger partial charge in [-0.1, -0.05) is 24.3 Å². The van der Waals surface area contributed by atoms with Crippen molar-refractivity contribution in [1.29, 1.82) is 0 Å². The summed E-state index contributed by atoms with van der Waals surface area (Å²) in [6.45, 7) is 1.61. The summed E-state index contributed by atoms with van der Waals surface area (Å²) in [6, 6.07) is 1.49. The highest BCUT2D eigenvalue weighted by molar-refractivity contribution is 7.91. The maximum absolute atomic E-state index is 13.2. The Labute approximate surface area is 139 Å². The van der Waals surface area contributed by atoms with Crippen LogP contribution in [0.1, 0.15) is 23.7 Å². The largest absolute Gasteiger partial charge is 0.619 e. The van der Waals surface area contributed by atoms with E-state index in [1.807, 2.05) is 0 Å². The zero-order chi connectivity index (χ0) is 17.5. The summed E-state index contributed by atoms with van der Waals surface area (Å²) in [5.74, 6) is -0.774. The van der Waals surface area contributed by atoms with E-state index in [1.165, 1.54) is 25.6 Å². The fraction of sp³-hybridized carbons (Fsp3) is 0.250. The van der Waals surface area contributed by atoms with E-state index >= 15 is 0 Å². The molecule has 0 saturated heterocycles. The minimum absolute atomic E-state index is 0.0995. The Hall–Kier alpha value is -2.61. The third-order valence-electron chi connectivity index (χ3n) is 4.13. The van der Waals surface area contributed by atoms with Gasteiger partial charge in [-0.15, -0.1) is 0 Å². The van der Waals surface area contributed by atoms with Gasteiger partial charge in [-0.3, -0.25) is 0 Å². The molecule has 0 aromatic carbocycles. The number of carbonyl (C=O) groups excluding carboxylic acids is 1. The first-order chi connectivity index (χ1) is 11.3. The number of hydrogen-bond acceptors (Lipinski definition) is 5. The van der Waals surface area contributed by atoms with Gasteiger partial charge < -0.3 is 9.94 Å². The molecule has 2 heterocycles. The van der Waals surface area contributed by atoms with Crippen LogP contribution in [0.5, 0.6) is 0 Å². The Kier molecular flexibility index (Phi) is 3.71. The molecule has 1 unspecified atom stereocenters. The van der Waals surface area contributed by atoms with Crippen molar-refractivity contribution in [1.82, 2.24) is 3.97 Å². The summed E-state index contributed by atoms with van der Waals surface area (Å²) in [6.07, 6.45) is 10.7. The van der Waals surface area contributed by atoms with Crippen LogP contribution in [0.25, 0.3) is 10.9 Å². The van der Waals surface area contributed by atoms with Crippen LogP contribution in [0.15, 0.2) is 49.0 Å². The molecule has 0 amide bonds. The van der Waals surface area contributed by atoms with Crippen LogP contribution in [-0.2, 0) is 14.8 Å². The molecular formula is C16H16N2O5S. The fourth-order valence-electron chi connectivity index (χ4n) is 2.75. The zero-order valence-electron chi connectivity index (χ0n) is 13.2. The van der Waals surface area contributed by atoms with Crippen LogP contribution < -0.4 is 4.73 Å². The molecule has 1 aliphatic carbocycles. The van der Waals surface area contributed by atoms with Crippen molar-refractivity contribution in [3.05, 3.63) is 59.7 Å². The fourth-order valence-corrected chi connectivity index (χ4v) is 4.43. The van der Waals surface area contributed by atoms with Crippen LogP contribution in [0.3, 0.4) is 0 Å². The Balaban J connectivity index is 2.30. The third-order valence-corrected chi connectivity index (χ3v) is 6.44. The first kappa shape index (κ1) is 16.3. The number of rotatable bonds is 3. The minimum Gasteiger partial charge on any atom is -0.619 e. The van der Waals surface area contributed by atoms with Gasteiger partial charge in [-0.25, -0.2) is 17.2 Å². The molecular weight excluding hydrogens is 332 g/mol. The summed E-state index contributed by atoms with van der Waals surface area (Å²) >= 11 is 0. The molecule has 126 valence electrons. The van der Waals surface area contributed by atoms with E-state index in [0.29, 0.717) is 16.5 Å². The maximum atomic E-state index is 13.2. The number of fused-ring (bicyclic) bond motifs is 1. The van der Waals surface area contributed by atoms with Crippen molar-refractivity contribution in [2.24, 2.45) is 0 Å². The van der Waals surface area contributed by atoms with Crippen molar-refractivity contribution in [3.63, 3.8) is 0 Å². The molecule has 3 rings (SSSR count). The first-order valence-corrected chi connectivity index (χ1v) is 8.66. The molecule has 0 bridgehead atoms. The topological polar surface area (TPSA) is 92.3 Å². The van der Waals surface area contributed by atoms with E-state index < -0.39 is 20.7 Å². The first-order valence-electron chi connectivity index (χ1n) is 7.22. The number of allylic oxidation sites excluding steroid dienone is 3. The molecule has 2 aromatic rings. The molecule has 8 heteroatoms. The molecule has 0 aliphatic heterocycles. The molecule has 1 aliphatic rings. The molecule has 1 atom stereocenters. The van der Waals surface area contributed by atoms with Crippen LogP contribution >= 0.6 is 0 Å². The molecule has 0 spiro atoms. The molecule has 7 nitrogen and oxygen atoms in total. The summed E-state index contributed by atoms with van der Waals surface area (Å²) in [4.78, 5) is 12.0. The predicted octanol–water partition coefficient (Wildman–Crippen LogP) is 1.51. The molecule has 0 N–H and O–H groups in total. The van der Waals surface area contributed by atoms with Gasteiger partial charge in [0.05, 0.1) is 18.0 Å². The zero-order valence-corrected chi connectivity index (χ0v) is 14.0. The molecule has 2 aromatic heterocycles. The Morgan fingerprint density at radius 1 is 1.38 bits per heavy atom. The number of aromatic nitrogens is 2. The molecule has 24 heavy (non-hydrogen) atoms. The Morgan fingerprint density at radius 3 is 2.75 bits per heavy atom. The van der Waals surface area contributed by atoms with E-state index in [-0.39, 0.29) is 11.1 Å². The lowest BCUT2D eigenvalue weighted by Crippen LogP contribution is -2.38. The average molecular weight is 348 g/mol. The number of carbonyl (C=O) groups is 1. The number of esters is 1. The standard InChI is InChI=1S/C16H16N2O5S/c1-16(7-4-3-5-8-16)24(21,22)18-9-6-12-10-17(20)11-13(14(12)18)15(19)23-2/h3-7,9-11H,8H2,1-2H3. The van der Waals surface area contributed by atoms with E-state index in [9.17, 15) is 18.4 Å². The molecule has 0 saturated carbocycles. The highest BCUT2D eigenvalue weighted by Gasteiger charge is 2.39.